The molecule has 0 N–H and O–H groups in total. The van der Waals surface area contributed by atoms with Gasteiger partial charge in [-0.05, 0) is 77.2 Å². The zero-order valence-corrected chi connectivity index (χ0v) is 24.8. The summed E-state index contributed by atoms with van der Waals surface area (Å²) >= 11 is 0. The Balaban J connectivity index is 1.31. The maximum atomic E-state index is 2.37. The van der Waals surface area contributed by atoms with Crippen molar-refractivity contribution < 1.29 is 0 Å². The van der Waals surface area contributed by atoms with Crippen LogP contribution in [0.15, 0.2) is 182 Å². The van der Waals surface area contributed by atoms with Crippen LogP contribution < -0.4 is 0 Å². The second-order valence-electron chi connectivity index (χ2n) is 12.0. The number of hydrogen-bond donors (Lipinski definition) is 0. The molecule has 0 fully saturated rings. The molecule has 0 spiro atoms. The minimum absolute atomic E-state index is 0.395. The van der Waals surface area contributed by atoms with E-state index in [1.165, 1.54) is 77.2 Å². The lowest BCUT2D eigenvalue weighted by Gasteiger charge is -2.34. The first kappa shape index (κ1) is 25.7. The highest BCUT2D eigenvalue weighted by atomic mass is 14.5. The molecule has 8 aromatic rings. The summed E-state index contributed by atoms with van der Waals surface area (Å²) in [5.41, 5.74) is 12.5. The average molecular weight is 571 g/mol. The van der Waals surface area contributed by atoms with Gasteiger partial charge < -0.3 is 0 Å². The van der Waals surface area contributed by atoms with Gasteiger partial charge in [-0.1, -0.05) is 182 Å². The van der Waals surface area contributed by atoms with Crippen molar-refractivity contribution >= 4 is 21.5 Å². The van der Waals surface area contributed by atoms with E-state index in [4.69, 9.17) is 0 Å². The molecule has 0 nitrogen and oxygen atoms in total. The fourth-order valence-electron chi connectivity index (χ4n) is 7.95. The summed E-state index contributed by atoms with van der Waals surface area (Å²) in [6.45, 7) is 0. The van der Waals surface area contributed by atoms with Crippen LogP contribution in [0.2, 0.25) is 0 Å². The molecule has 1 aliphatic rings. The number of fused-ring (bicyclic) bond motifs is 5. The first-order valence-corrected chi connectivity index (χ1v) is 15.7. The molecule has 0 bridgehead atoms. The Morgan fingerprint density at radius 3 is 1.11 bits per heavy atom. The lowest BCUT2D eigenvalue weighted by atomic mass is 9.67. The molecule has 0 saturated heterocycles. The second-order valence-corrected chi connectivity index (χ2v) is 12.0. The van der Waals surface area contributed by atoms with E-state index in [0.29, 0.717) is 0 Å². The average Bonchev–Trinajstić information content (AvgIpc) is 3.42. The zero-order chi connectivity index (χ0) is 29.8. The van der Waals surface area contributed by atoms with Crippen LogP contribution >= 0.6 is 0 Å². The van der Waals surface area contributed by atoms with Crippen LogP contribution in [-0.4, -0.2) is 0 Å². The first-order chi connectivity index (χ1) is 22.4. The molecule has 0 saturated carbocycles. The number of benzene rings is 8. The molecule has 0 unspecified atom stereocenters. The molecule has 1 aliphatic carbocycles. The van der Waals surface area contributed by atoms with Crippen LogP contribution in [0.25, 0.3) is 54.9 Å². The maximum Gasteiger partial charge on any atom is 0.0713 e. The Hall–Kier alpha value is -5.72. The Morgan fingerprint density at radius 2 is 0.622 bits per heavy atom. The molecule has 0 radical (unpaired) electrons. The van der Waals surface area contributed by atoms with E-state index in [-0.39, 0.29) is 0 Å². The van der Waals surface area contributed by atoms with Gasteiger partial charge in [0.1, 0.15) is 0 Å². The Kier molecular flexibility index (Phi) is 5.83. The van der Waals surface area contributed by atoms with Gasteiger partial charge in [0.2, 0.25) is 0 Å². The van der Waals surface area contributed by atoms with Gasteiger partial charge >= 0.3 is 0 Å². The molecule has 210 valence electrons. The van der Waals surface area contributed by atoms with E-state index in [1.807, 2.05) is 0 Å². The Labute approximate surface area is 263 Å². The van der Waals surface area contributed by atoms with Crippen LogP contribution in [0.4, 0.5) is 0 Å². The van der Waals surface area contributed by atoms with E-state index >= 15 is 0 Å². The van der Waals surface area contributed by atoms with Crippen LogP contribution in [0.3, 0.4) is 0 Å². The van der Waals surface area contributed by atoms with Crippen LogP contribution in [-0.2, 0) is 5.41 Å². The van der Waals surface area contributed by atoms with E-state index in [9.17, 15) is 0 Å². The van der Waals surface area contributed by atoms with Crippen LogP contribution in [0, 0.1) is 0 Å². The first-order valence-electron chi connectivity index (χ1n) is 15.7. The second kappa shape index (κ2) is 10.2. The minimum atomic E-state index is -0.395. The van der Waals surface area contributed by atoms with Gasteiger partial charge in [-0.3, -0.25) is 0 Å². The molecule has 0 atom stereocenters. The van der Waals surface area contributed by atoms with Gasteiger partial charge in [-0.25, -0.2) is 0 Å². The predicted octanol–water partition coefficient (Wildman–Crippen LogP) is 11.7. The highest BCUT2D eigenvalue weighted by Crippen LogP contribution is 2.56. The van der Waals surface area contributed by atoms with Crippen molar-refractivity contribution in [1.82, 2.24) is 0 Å². The predicted molar refractivity (Wildman–Crippen MR) is 190 cm³/mol. The van der Waals surface area contributed by atoms with Crippen molar-refractivity contribution in [1.29, 1.82) is 0 Å². The van der Waals surface area contributed by atoms with Crippen LogP contribution in [0.1, 0.15) is 22.3 Å². The normalized spacial score (nSPS) is 13.1. The maximum absolute atomic E-state index is 2.37. The quantitative estimate of drug-likeness (QED) is 0.185. The molecule has 0 heterocycles. The molecular formula is C45H30. The standard InChI is InChI=1S/C45H30/c1-3-15-31(16-4-1)43-37-21-7-9-23-39(37)44(40-24-10-8-22-38(40)43)32-27-29-34(30-28-32)45(33-17-5-2-6-18-33)41-25-13-11-19-35(41)36-20-12-14-26-42(36)45/h1-30H. The van der Waals surface area contributed by atoms with Crippen molar-refractivity contribution in [2.45, 2.75) is 5.41 Å². The molecule has 0 amide bonds. The summed E-state index contributed by atoms with van der Waals surface area (Å²) in [4.78, 5) is 0. The lowest BCUT2D eigenvalue weighted by molar-refractivity contribution is 0.768. The van der Waals surface area contributed by atoms with Gasteiger partial charge in [-0.15, -0.1) is 0 Å². The number of rotatable bonds is 4. The van der Waals surface area contributed by atoms with Gasteiger partial charge in [0.05, 0.1) is 5.41 Å². The number of hydrogen-bond acceptors (Lipinski definition) is 0. The summed E-state index contributed by atoms with van der Waals surface area (Å²) in [6, 6.07) is 66.9. The third-order valence-corrected chi connectivity index (χ3v) is 9.76. The van der Waals surface area contributed by atoms with Crippen molar-refractivity contribution in [3.63, 3.8) is 0 Å². The summed E-state index contributed by atoms with van der Waals surface area (Å²) in [7, 11) is 0. The summed E-state index contributed by atoms with van der Waals surface area (Å²) in [5.74, 6) is 0. The van der Waals surface area contributed by atoms with Gasteiger partial charge in [0, 0.05) is 0 Å². The summed E-state index contributed by atoms with van der Waals surface area (Å²) < 4.78 is 0. The van der Waals surface area contributed by atoms with Crippen molar-refractivity contribution in [2.75, 3.05) is 0 Å². The smallest absolute Gasteiger partial charge is 0.0622 e. The van der Waals surface area contributed by atoms with Crippen LogP contribution in [0.5, 0.6) is 0 Å². The SMILES string of the molecule is c1ccc(-c2c3ccccc3c(-c3ccc(C4(c5ccccc5)c5ccccc5-c5ccccc54)cc3)c3ccccc23)cc1. The third kappa shape index (κ3) is 3.73. The van der Waals surface area contributed by atoms with Crippen molar-refractivity contribution in [3.8, 4) is 33.4 Å². The molecule has 0 aromatic heterocycles. The molecule has 45 heavy (non-hydrogen) atoms. The van der Waals surface area contributed by atoms with Gasteiger partial charge in [0.15, 0.2) is 0 Å². The summed E-state index contributed by atoms with van der Waals surface area (Å²) in [6.07, 6.45) is 0. The van der Waals surface area contributed by atoms with Crippen molar-refractivity contribution in [3.05, 3.63) is 204 Å². The molecule has 8 aromatic carbocycles. The largest absolute Gasteiger partial charge is 0.0713 e. The Morgan fingerprint density at radius 1 is 0.267 bits per heavy atom. The monoisotopic (exact) mass is 570 g/mol. The molecular weight excluding hydrogens is 540 g/mol. The Bertz CT molecular complexity index is 2240. The highest BCUT2D eigenvalue weighted by molar-refractivity contribution is 6.21. The zero-order valence-electron chi connectivity index (χ0n) is 24.8. The van der Waals surface area contributed by atoms with E-state index in [1.54, 1.807) is 0 Å². The third-order valence-electron chi connectivity index (χ3n) is 9.76. The minimum Gasteiger partial charge on any atom is -0.0622 e. The fourth-order valence-corrected chi connectivity index (χ4v) is 7.95. The van der Waals surface area contributed by atoms with Crippen molar-refractivity contribution in [2.24, 2.45) is 0 Å². The topological polar surface area (TPSA) is 0 Å². The van der Waals surface area contributed by atoms with E-state index in [2.05, 4.69) is 182 Å². The van der Waals surface area contributed by atoms with Gasteiger partial charge in [0.25, 0.3) is 0 Å². The lowest BCUT2D eigenvalue weighted by Crippen LogP contribution is -2.28. The van der Waals surface area contributed by atoms with E-state index in [0.717, 1.165) is 0 Å². The highest BCUT2D eigenvalue weighted by Gasteiger charge is 2.45. The molecule has 9 rings (SSSR count). The fraction of sp³-hybridized carbons (Fsp3) is 0.0222. The molecule has 0 aliphatic heterocycles. The van der Waals surface area contributed by atoms with E-state index < -0.39 is 5.41 Å². The van der Waals surface area contributed by atoms with Gasteiger partial charge in [-0.2, -0.15) is 0 Å². The molecule has 0 heteroatoms. The summed E-state index contributed by atoms with van der Waals surface area (Å²) in [5, 5.41) is 5.11.